The highest BCUT2D eigenvalue weighted by molar-refractivity contribution is 7.81. The van der Waals surface area contributed by atoms with Gasteiger partial charge in [-0.1, -0.05) is 27.7 Å². The minimum Gasteiger partial charge on any atom is -0.173 e. The second-order valence-electron chi connectivity index (χ2n) is 3.20. The summed E-state index contributed by atoms with van der Waals surface area (Å²) in [5.41, 5.74) is 0. The largest absolute Gasteiger partial charge is 0.173 e. The summed E-state index contributed by atoms with van der Waals surface area (Å²) < 4.78 is 0.179. The predicted octanol–water partition coefficient (Wildman–Crippen LogP) is 2.70. The molecule has 0 aromatic heterocycles. The minimum absolute atomic E-state index is 0.179. The van der Waals surface area contributed by atoms with Crippen molar-refractivity contribution < 1.29 is 0 Å². The van der Waals surface area contributed by atoms with E-state index in [0.29, 0.717) is 0 Å². The van der Waals surface area contributed by atoms with Crippen LogP contribution in [0.15, 0.2) is 0 Å². The van der Waals surface area contributed by atoms with Crippen molar-refractivity contribution in [2.75, 3.05) is 0 Å². The van der Waals surface area contributed by atoms with E-state index in [2.05, 4.69) is 40.3 Å². The lowest BCUT2D eigenvalue weighted by Crippen LogP contribution is -2.12. The molecule has 0 aromatic rings. The number of thiol groups is 1. The summed E-state index contributed by atoms with van der Waals surface area (Å²) in [4.78, 5) is 0. The summed E-state index contributed by atoms with van der Waals surface area (Å²) in [5.74, 6) is 1.45. The summed E-state index contributed by atoms with van der Waals surface area (Å²) >= 11 is 4.37. The topological polar surface area (TPSA) is 0 Å². The molecule has 0 nitrogen and oxygen atoms in total. The molecular weight excluding hydrogens is 116 g/mol. The summed E-state index contributed by atoms with van der Waals surface area (Å²) in [6.07, 6.45) is 1.11. The molecule has 0 amide bonds. The molecular formula is C7H15S. The van der Waals surface area contributed by atoms with Crippen LogP contribution in [0.2, 0.25) is 0 Å². The molecule has 0 spiro atoms. The highest BCUT2D eigenvalue weighted by Gasteiger charge is 2.12. The molecule has 0 unspecified atom stereocenters. The molecule has 0 saturated heterocycles. The van der Waals surface area contributed by atoms with Crippen molar-refractivity contribution >= 4 is 12.6 Å². The Kier molecular flexibility index (Phi) is 2.89. The second kappa shape index (κ2) is 2.77. The van der Waals surface area contributed by atoms with Gasteiger partial charge in [0.25, 0.3) is 0 Å². The maximum absolute atomic E-state index is 4.37. The van der Waals surface area contributed by atoms with Crippen LogP contribution < -0.4 is 0 Å². The molecule has 0 bridgehead atoms. The van der Waals surface area contributed by atoms with Gasteiger partial charge in [0.2, 0.25) is 0 Å². The molecule has 8 heavy (non-hydrogen) atoms. The molecule has 0 heterocycles. The molecule has 0 aliphatic heterocycles. The first-order valence-corrected chi connectivity index (χ1v) is 3.38. The van der Waals surface area contributed by atoms with E-state index in [1.807, 2.05) is 0 Å². The van der Waals surface area contributed by atoms with Crippen LogP contribution in [-0.4, -0.2) is 4.75 Å². The van der Waals surface area contributed by atoms with Gasteiger partial charge >= 0.3 is 0 Å². The van der Waals surface area contributed by atoms with Crippen LogP contribution in [0.1, 0.15) is 34.1 Å². The van der Waals surface area contributed by atoms with Crippen molar-refractivity contribution in [2.24, 2.45) is 0 Å². The van der Waals surface area contributed by atoms with Gasteiger partial charge in [0, 0.05) is 4.75 Å². The van der Waals surface area contributed by atoms with Gasteiger partial charge in [-0.25, -0.2) is 0 Å². The number of hydrogen-bond acceptors (Lipinski definition) is 1. The Bertz CT molecular complexity index is 59.3. The molecule has 0 fully saturated rings. The van der Waals surface area contributed by atoms with Crippen LogP contribution in [0.4, 0.5) is 0 Å². The van der Waals surface area contributed by atoms with Crippen molar-refractivity contribution in [1.82, 2.24) is 0 Å². The zero-order chi connectivity index (χ0) is 6.78. The molecule has 0 rings (SSSR count). The van der Waals surface area contributed by atoms with Crippen molar-refractivity contribution in [3.8, 4) is 0 Å². The molecule has 1 heteroatoms. The third-order valence-electron chi connectivity index (χ3n) is 0.786. The van der Waals surface area contributed by atoms with Crippen molar-refractivity contribution in [2.45, 2.75) is 38.9 Å². The van der Waals surface area contributed by atoms with Gasteiger partial charge in [0.05, 0.1) is 0 Å². The Hall–Kier alpha value is 0.350. The van der Waals surface area contributed by atoms with Crippen LogP contribution in [-0.2, 0) is 0 Å². The fourth-order valence-electron chi connectivity index (χ4n) is 0.865. The Labute approximate surface area is 58.1 Å². The molecule has 49 valence electrons. The first-order valence-electron chi connectivity index (χ1n) is 2.93. The van der Waals surface area contributed by atoms with Crippen molar-refractivity contribution in [1.29, 1.82) is 0 Å². The standard InChI is InChI=1S/C7H15S/c1-6(2)5-7(3,4)8/h8H,5H2,1-4H3. The molecule has 0 N–H and O–H groups in total. The number of rotatable bonds is 2. The van der Waals surface area contributed by atoms with Gasteiger partial charge in [-0.15, -0.1) is 0 Å². The summed E-state index contributed by atoms with van der Waals surface area (Å²) in [7, 11) is 0. The molecule has 0 aliphatic carbocycles. The molecule has 0 saturated carbocycles. The molecule has 1 radical (unpaired) electrons. The Morgan fingerprint density at radius 3 is 1.75 bits per heavy atom. The third kappa shape index (κ3) is 6.35. The van der Waals surface area contributed by atoms with Gasteiger partial charge in [0.1, 0.15) is 0 Å². The van der Waals surface area contributed by atoms with E-state index in [1.165, 1.54) is 5.92 Å². The molecule has 0 aliphatic rings. The van der Waals surface area contributed by atoms with Gasteiger partial charge in [0.15, 0.2) is 0 Å². The fourth-order valence-corrected chi connectivity index (χ4v) is 1.18. The van der Waals surface area contributed by atoms with E-state index in [9.17, 15) is 0 Å². The maximum Gasteiger partial charge on any atom is 0.00784 e. The average molecular weight is 131 g/mol. The van der Waals surface area contributed by atoms with Crippen LogP contribution >= 0.6 is 12.6 Å². The molecule has 0 atom stereocenters. The Balaban J connectivity index is 3.39. The van der Waals surface area contributed by atoms with Crippen LogP contribution in [0.3, 0.4) is 0 Å². The summed E-state index contributed by atoms with van der Waals surface area (Å²) in [6, 6.07) is 0. The van der Waals surface area contributed by atoms with Crippen LogP contribution in [0, 0.1) is 5.92 Å². The van der Waals surface area contributed by atoms with Crippen molar-refractivity contribution in [3.05, 3.63) is 5.92 Å². The van der Waals surface area contributed by atoms with E-state index in [4.69, 9.17) is 0 Å². The SMILES string of the molecule is C[C](C)CC(C)(C)S. The van der Waals surface area contributed by atoms with Gasteiger partial charge in [-0.3, -0.25) is 0 Å². The Morgan fingerprint density at radius 1 is 1.38 bits per heavy atom. The van der Waals surface area contributed by atoms with E-state index in [1.54, 1.807) is 0 Å². The van der Waals surface area contributed by atoms with E-state index in [-0.39, 0.29) is 4.75 Å². The van der Waals surface area contributed by atoms with E-state index in [0.717, 1.165) is 6.42 Å². The Morgan fingerprint density at radius 2 is 1.75 bits per heavy atom. The first-order chi connectivity index (χ1) is 3.42. The summed E-state index contributed by atoms with van der Waals surface area (Å²) in [6.45, 7) is 8.53. The zero-order valence-electron chi connectivity index (χ0n) is 6.15. The predicted molar refractivity (Wildman–Crippen MR) is 42.3 cm³/mol. The van der Waals surface area contributed by atoms with Gasteiger partial charge < -0.3 is 0 Å². The highest BCUT2D eigenvalue weighted by atomic mass is 32.1. The monoisotopic (exact) mass is 131 g/mol. The lowest BCUT2D eigenvalue weighted by atomic mass is 10.0. The lowest BCUT2D eigenvalue weighted by Gasteiger charge is -2.18. The first kappa shape index (κ1) is 8.35. The van der Waals surface area contributed by atoms with Gasteiger partial charge in [-0.2, -0.15) is 12.6 Å². The van der Waals surface area contributed by atoms with E-state index < -0.39 is 0 Å². The van der Waals surface area contributed by atoms with Crippen LogP contribution in [0.25, 0.3) is 0 Å². The van der Waals surface area contributed by atoms with Crippen molar-refractivity contribution in [3.63, 3.8) is 0 Å². The van der Waals surface area contributed by atoms with E-state index >= 15 is 0 Å². The molecule has 0 aromatic carbocycles. The maximum atomic E-state index is 4.37. The minimum atomic E-state index is 0.179. The second-order valence-corrected chi connectivity index (χ2v) is 4.41. The fraction of sp³-hybridized carbons (Fsp3) is 0.857. The van der Waals surface area contributed by atoms with Gasteiger partial charge in [-0.05, 0) is 12.3 Å². The summed E-state index contributed by atoms with van der Waals surface area (Å²) in [5, 5.41) is 0. The third-order valence-corrected chi connectivity index (χ3v) is 0.944. The number of hydrogen-bond donors (Lipinski definition) is 1. The van der Waals surface area contributed by atoms with Crippen LogP contribution in [0.5, 0.6) is 0 Å². The zero-order valence-corrected chi connectivity index (χ0v) is 7.05. The quantitative estimate of drug-likeness (QED) is 0.547. The lowest BCUT2D eigenvalue weighted by molar-refractivity contribution is 0.658. The normalized spacial score (nSPS) is 12.8. The average Bonchev–Trinajstić information content (AvgIpc) is 1.21. The highest BCUT2D eigenvalue weighted by Crippen LogP contribution is 2.22. The smallest absolute Gasteiger partial charge is 0.00784 e.